The Morgan fingerprint density at radius 1 is 1.19 bits per heavy atom. The zero-order valence-electron chi connectivity index (χ0n) is 12.8. The van der Waals surface area contributed by atoms with Crippen molar-refractivity contribution in [2.75, 3.05) is 45.9 Å². The summed E-state index contributed by atoms with van der Waals surface area (Å²) >= 11 is 0. The molecule has 0 aromatic rings. The zero-order valence-corrected chi connectivity index (χ0v) is 12.8. The van der Waals surface area contributed by atoms with Gasteiger partial charge in [-0.25, -0.2) is 4.79 Å². The van der Waals surface area contributed by atoms with Crippen LogP contribution in [0.25, 0.3) is 0 Å². The lowest BCUT2D eigenvalue weighted by molar-refractivity contribution is 0.0165. The van der Waals surface area contributed by atoms with Crippen LogP contribution in [0.4, 0.5) is 4.79 Å². The Bertz CT molecular complexity index is 414. The van der Waals surface area contributed by atoms with E-state index in [4.69, 9.17) is 10.5 Å². The number of amides is 2. The summed E-state index contributed by atoms with van der Waals surface area (Å²) in [4.78, 5) is 16.8. The van der Waals surface area contributed by atoms with E-state index in [-0.39, 0.29) is 11.4 Å². The molecule has 4 aliphatic rings. The molecule has 118 valence electrons. The summed E-state index contributed by atoms with van der Waals surface area (Å²) in [6, 6.07) is 0.268. The monoisotopic (exact) mass is 293 g/mol. The van der Waals surface area contributed by atoms with Gasteiger partial charge in [-0.1, -0.05) is 0 Å². The van der Waals surface area contributed by atoms with Crippen LogP contribution in [-0.4, -0.2) is 61.8 Å². The first kappa shape index (κ1) is 13.8. The molecule has 2 N–H and O–H groups in total. The van der Waals surface area contributed by atoms with Crippen LogP contribution in [0.3, 0.4) is 0 Å². The SMILES string of the molecule is NCC1(C2CCOCC2)CCN(C(=O)N2CC3CC3C2)C1. The fourth-order valence-corrected chi connectivity index (χ4v) is 4.79. The van der Waals surface area contributed by atoms with E-state index in [0.29, 0.717) is 12.5 Å². The summed E-state index contributed by atoms with van der Waals surface area (Å²) in [6.07, 6.45) is 4.62. The summed E-state index contributed by atoms with van der Waals surface area (Å²) in [7, 11) is 0. The van der Waals surface area contributed by atoms with Crippen LogP contribution in [0.1, 0.15) is 25.7 Å². The number of urea groups is 1. The van der Waals surface area contributed by atoms with Gasteiger partial charge in [-0.2, -0.15) is 0 Å². The lowest BCUT2D eigenvalue weighted by Gasteiger charge is -2.39. The molecule has 0 aromatic heterocycles. The lowest BCUT2D eigenvalue weighted by atomic mass is 9.71. The molecule has 21 heavy (non-hydrogen) atoms. The number of hydrogen-bond acceptors (Lipinski definition) is 3. The molecule has 3 atom stereocenters. The molecule has 0 radical (unpaired) electrons. The molecule has 4 rings (SSSR count). The number of likely N-dealkylation sites (tertiary alicyclic amines) is 2. The number of rotatable bonds is 2. The molecule has 4 fully saturated rings. The third kappa shape index (κ3) is 2.34. The topological polar surface area (TPSA) is 58.8 Å². The van der Waals surface area contributed by atoms with E-state index >= 15 is 0 Å². The summed E-state index contributed by atoms with van der Waals surface area (Å²) in [5, 5.41) is 0. The smallest absolute Gasteiger partial charge is 0.320 e. The molecule has 3 saturated heterocycles. The second kappa shape index (κ2) is 5.13. The highest BCUT2D eigenvalue weighted by atomic mass is 16.5. The van der Waals surface area contributed by atoms with Crippen LogP contribution in [0, 0.1) is 23.2 Å². The van der Waals surface area contributed by atoms with E-state index in [1.165, 1.54) is 6.42 Å². The van der Waals surface area contributed by atoms with Crippen molar-refractivity contribution >= 4 is 6.03 Å². The second-order valence-electron chi connectivity index (χ2n) is 7.57. The van der Waals surface area contributed by atoms with Crippen molar-refractivity contribution in [3.63, 3.8) is 0 Å². The minimum atomic E-state index is 0.141. The standard InChI is InChI=1S/C16H27N3O2/c17-10-16(14-1-5-21-6-2-14)3-4-18(11-16)15(20)19-8-12-7-13(12)9-19/h12-14H,1-11,17H2. The zero-order chi connectivity index (χ0) is 14.4. The summed E-state index contributed by atoms with van der Waals surface area (Å²) in [6.45, 7) is 6.15. The van der Waals surface area contributed by atoms with Crippen LogP contribution in [0.15, 0.2) is 0 Å². The Kier molecular flexibility index (Phi) is 3.38. The average molecular weight is 293 g/mol. The van der Waals surface area contributed by atoms with Gasteiger partial charge in [0.25, 0.3) is 0 Å². The van der Waals surface area contributed by atoms with Crippen LogP contribution >= 0.6 is 0 Å². The van der Waals surface area contributed by atoms with Crippen molar-refractivity contribution in [2.45, 2.75) is 25.7 Å². The van der Waals surface area contributed by atoms with Crippen LogP contribution < -0.4 is 5.73 Å². The quantitative estimate of drug-likeness (QED) is 0.830. The van der Waals surface area contributed by atoms with Gasteiger partial charge in [0.1, 0.15) is 0 Å². The summed E-state index contributed by atoms with van der Waals surface area (Å²) in [5.41, 5.74) is 6.29. The van der Waals surface area contributed by atoms with E-state index in [1.54, 1.807) is 0 Å². The van der Waals surface area contributed by atoms with E-state index < -0.39 is 0 Å². The third-order valence-corrected chi connectivity index (χ3v) is 6.40. The van der Waals surface area contributed by atoms with Gasteiger partial charge < -0.3 is 20.3 Å². The number of carbonyl (C=O) groups is 1. The molecule has 2 amide bonds. The molecule has 3 unspecified atom stereocenters. The molecule has 3 heterocycles. The maximum Gasteiger partial charge on any atom is 0.320 e. The third-order valence-electron chi connectivity index (χ3n) is 6.40. The van der Waals surface area contributed by atoms with Crippen LogP contribution in [0.2, 0.25) is 0 Å². The molecular weight excluding hydrogens is 266 g/mol. The van der Waals surface area contributed by atoms with E-state index in [2.05, 4.69) is 9.80 Å². The fourth-order valence-electron chi connectivity index (χ4n) is 4.79. The Morgan fingerprint density at radius 2 is 1.90 bits per heavy atom. The number of nitrogens with zero attached hydrogens (tertiary/aromatic N) is 2. The van der Waals surface area contributed by atoms with Crippen molar-refractivity contribution < 1.29 is 9.53 Å². The predicted molar refractivity (Wildman–Crippen MR) is 79.8 cm³/mol. The van der Waals surface area contributed by atoms with Gasteiger partial charge in [0.2, 0.25) is 0 Å². The Morgan fingerprint density at radius 3 is 2.57 bits per heavy atom. The van der Waals surface area contributed by atoms with E-state index in [0.717, 1.165) is 70.5 Å². The molecule has 0 bridgehead atoms. The first-order chi connectivity index (χ1) is 10.2. The maximum atomic E-state index is 12.7. The number of ether oxygens (including phenoxy) is 1. The lowest BCUT2D eigenvalue weighted by Crippen LogP contribution is -2.46. The van der Waals surface area contributed by atoms with Gasteiger partial charge in [0.15, 0.2) is 0 Å². The molecule has 1 aliphatic carbocycles. The largest absolute Gasteiger partial charge is 0.381 e. The van der Waals surface area contributed by atoms with Gasteiger partial charge in [-0.3, -0.25) is 0 Å². The Balaban J connectivity index is 1.41. The first-order valence-corrected chi connectivity index (χ1v) is 8.53. The number of carbonyl (C=O) groups excluding carboxylic acids is 1. The number of hydrogen-bond donors (Lipinski definition) is 1. The first-order valence-electron chi connectivity index (χ1n) is 8.53. The molecule has 0 spiro atoms. The molecule has 0 aromatic carbocycles. The van der Waals surface area contributed by atoms with Gasteiger partial charge in [-0.05, 0) is 50.0 Å². The summed E-state index contributed by atoms with van der Waals surface area (Å²) in [5.74, 6) is 2.25. The predicted octanol–water partition coefficient (Wildman–Crippen LogP) is 1.14. The van der Waals surface area contributed by atoms with Crippen LogP contribution in [0.5, 0.6) is 0 Å². The molecule has 5 heteroatoms. The van der Waals surface area contributed by atoms with Crippen molar-refractivity contribution in [3.8, 4) is 0 Å². The van der Waals surface area contributed by atoms with Gasteiger partial charge in [0.05, 0.1) is 0 Å². The highest BCUT2D eigenvalue weighted by molar-refractivity contribution is 5.75. The van der Waals surface area contributed by atoms with E-state index in [9.17, 15) is 4.79 Å². The van der Waals surface area contributed by atoms with Gasteiger partial charge >= 0.3 is 6.03 Å². The molecular formula is C16H27N3O2. The van der Waals surface area contributed by atoms with Crippen molar-refractivity contribution in [2.24, 2.45) is 28.9 Å². The number of fused-ring (bicyclic) bond motifs is 1. The van der Waals surface area contributed by atoms with E-state index in [1.807, 2.05) is 0 Å². The molecule has 3 aliphatic heterocycles. The minimum absolute atomic E-state index is 0.141. The normalized spacial score (nSPS) is 39.7. The highest BCUT2D eigenvalue weighted by Gasteiger charge is 2.50. The molecule has 1 saturated carbocycles. The Hall–Kier alpha value is -0.810. The summed E-state index contributed by atoms with van der Waals surface area (Å²) < 4.78 is 5.49. The van der Waals surface area contributed by atoms with Gasteiger partial charge in [-0.15, -0.1) is 0 Å². The van der Waals surface area contributed by atoms with Crippen molar-refractivity contribution in [1.29, 1.82) is 0 Å². The minimum Gasteiger partial charge on any atom is -0.381 e. The Labute approximate surface area is 126 Å². The van der Waals surface area contributed by atoms with Crippen molar-refractivity contribution in [1.82, 2.24) is 9.80 Å². The average Bonchev–Trinajstić information content (AvgIpc) is 2.98. The second-order valence-corrected chi connectivity index (χ2v) is 7.57. The maximum absolute atomic E-state index is 12.7. The van der Waals surface area contributed by atoms with Crippen LogP contribution in [-0.2, 0) is 4.74 Å². The number of piperidine rings is 1. The number of nitrogens with two attached hydrogens (primary N) is 1. The van der Waals surface area contributed by atoms with Gasteiger partial charge in [0, 0.05) is 44.8 Å². The molecule has 5 nitrogen and oxygen atoms in total. The van der Waals surface area contributed by atoms with Crippen molar-refractivity contribution in [3.05, 3.63) is 0 Å². The highest BCUT2D eigenvalue weighted by Crippen LogP contribution is 2.46. The fraction of sp³-hybridized carbons (Fsp3) is 0.938.